The fourth-order valence-electron chi connectivity index (χ4n) is 4.04. The highest BCUT2D eigenvalue weighted by Crippen LogP contribution is 2.30. The quantitative estimate of drug-likeness (QED) is 0.433. The van der Waals surface area contributed by atoms with Gasteiger partial charge in [0.25, 0.3) is 10.0 Å². The number of benzene rings is 2. The topological polar surface area (TPSA) is 92.5 Å². The minimum atomic E-state index is -3.58. The van der Waals surface area contributed by atoms with Crippen LogP contribution in [0, 0.1) is 0 Å². The zero-order valence-electron chi connectivity index (χ0n) is 17.8. The number of hydrogen-bond acceptors (Lipinski definition) is 6. The number of piperidine rings is 1. The Balaban J connectivity index is 1.16. The van der Waals surface area contributed by atoms with Crippen molar-refractivity contribution in [3.05, 3.63) is 77.5 Å². The van der Waals surface area contributed by atoms with Gasteiger partial charge in [-0.05, 0) is 54.1 Å². The summed E-state index contributed by atoms with van der Waals surface area (Å²) in [5.74, 6) is 1.04. The monoisotopic (exact) mass is 481 g/mol. The number of nitrogens with one attached hydrogen (secondary N) is 1. The molecule has 0 aliphatic carbocycles. The second kappa shape index (κ2) is 8.99. The first-order valence-electron chi connectivity index (χ1n) is 10.8. The number of nitrogens with zero attached hydrogens (tertiary/aromatic N) is 2. The molecule has 0 bridgehead atoms. The minimum Gasteiger partial charge on any atom is -0.440 e. The van der Waals surface area contributed by atoms with Crippen molar-refractivity contribution in [2.24, 2.45) is 0 Å². The van der Waals surface area contributed by atoms with Crippen molar-refractivity contribution in [1.29, 1.82) is 0 Å². The van der Waals surface area contributed by atoms with E-state index in [1.54, 1.807) is 41.8 Å². The number of rotatable bonds is 6. The minimum absolute atomic E-state index is 0.0675. The zero-order valence-corrected chi connectivity index (χ0v) is 19.4. The van der Waals surface area contributed by atoms with Gasteiger partial charge in [-0.15, -0.1) is 11.3 Å². The maximum absolute atomic E-state index is 12.8. The molecule has 1 amide bonds. The lowest BCUT2D eigenvalue weighted by atomic mass is 9.96. The van der Waals surface area contributed by atoms with Crippen molar-refractivity contribution >= 4 is 44.1 Å². The van der Waals surface area contributed by atoms with Crippen LogP contribution in [0.3, 0.4) is 0 Å². The molecule has 2 aromatic carbocycles. The van der Waals surface area contributed by atoms with E-state index in [4.69, 9.17) is 4.42 Å². The van der Waals surface area contributed by atoms with Crippen molar-refractivity contribution in [2.75, 3.05) is 17.8 Å². The number of hydrogen-bond donors (Lipinski definition) is 1. The molecule has 5 rings (SSSR count). The number of likely N-dealkylation sites (tertiary alicyclic amines) is 1. The normalized spacial score (nSPS) is 15.1. The Morgan fingerprint density at radius 3 is 2.52 bits per heavy atom. The van der Waals surface area contributed by atoms with Crippen molar-refractivity contribution in [2.45, 2.75) is 29.4 Å². The molecule has 7 nitrogen and oxygen atoms in total. The number of para-hydroxylation sites is 2. The summed E-state index contributed by atoms with van der Waals surface area (Å²) >= 11 is 1.17. The fraction of sp³-hybridized carbons (Fsp3) is 0.250. The van der Waals surface area contributed by atoms with Crippen LogP contribution in [0.1, 0.15) is 30.2 Å². The first-order chi connectivity index (χ1) is 16.0. The maximum atomic E-state index is 12.8. The molecule has 9 heteroatoms. The number of carbonyl (C=O) groups is 1. The van der Waals surface area contributed by atoms with Crippen molar-refractivity contribution in [1.82, 2.24) is 9.88 Å². The predicted octanol–water partition coefficient (Wildman–Crippen LogP) is 4.64. The summed E-state index contributed by atoms with van der Waals surface area (Å²) in [5, 5.41) is 1.72. The Kier molecular flexibility index (Phi) is 5.90. The Bertz CT molecular complexity index is 1320. The Labute approximate surface area is 196 Å². The van der Waals surface area contributed by atoms with Crippen LogP contribution in [0.25, 0.3) is 11.1 Å². The maximum Gasteiger partial charge on any atom is 0.271 e. The van der Waals surface area contributed by atoms with E-state index in [9.17, 15) is 13.2 Å². The average Bonchev–Trinajstić information content (AvgIpc) is 3.51. The fourth-order valence-corrected chi connectivity index (χ4v) is 6.09. The third kappa shape index (κ3) is 4.79. The van der Waals surface area contributed by atoms with E-state index in [0.29, 0.717) is 18.8 Å². The number of thiophene rings is 1. The van der Waals surface area contributed by atoms with Crippen LogP contribution >= 0.6 is 11.3 Å². The van der Waals surface area contributed by atoms with Crippen molar-refractivity contribution < 1.29 is 17.6 Å². The third-order valence-corrected chi connectivity index (χ3v) is 8.61. The summed E-state index contributed by atoms with van der Waals surface area (Å²) in [6.07, 6.45) is 1.93. The van der Waals surface area contributed by atoms with Gasteiger partial charge in [0.15, 0.2) is 11.5 Å². The summed E-state index contributed by atoms with van der Waals surface area (Å²) in [4.78, 5) is 19.3. The molecule has 0 saturated carbocycles. The number of oxazole rings is 1. The zero-order chi connectivity index (χ0) is 22.8. The van der Waals surface area contributed by atoms with Gasteiger partial charge in [0.2, 0.25) is 5.91 Å². The molecule has 0 spiro atoms. The van der Waals surface area contributed by atoms with Crippen LogP contribution < -0.4 is 4.72 Å². The van der Waals surface area contributed by atoms with Gasteiger partial charge in [-0.25, -0.2) is 13.4 Å². The number of carbonyl (C=O) groups excluding carboxylic acids is 1. The lowest BCUT2D eigenvalue weighted by molar-refractivity contribution is -0.131. The second-order valence-corrected chi connectivity index (χ2v) is 10.9. The Morgan fingerprint density at radius 2 is 1.82 bits per heavy atom. The average molecular weight is 482 g/mol. The number of sulfonamides is 1. The molecule has 170 valence electrons. The molecule has 4 aromatic rings. The molecule has 1 aliphatic rings. The van der Waals surface area contributed by atoms with E-state index in [1.165, 1.54) is 11.3 Å². The standard InChI is InChI=1S/C24H23N3O4S2/c28-22(16-17-7-9-19(10-8-17)26-33(29,30)23-6-3-15-32-23)27-13-11-18(12-14-27)24-25-20-4-1-2-5-21(20)31-24/h1-10,15,18,26H,11-14,16H2. The summed E-state index contributed by atoms with van der Waals surface area (Å²) < 4.78 is 33.4. The molecule has 1 fully saturated rings. The highest BCUT2D eigenvalue weighted by Gasteiger charge is 2.27. The van der Waals surface area contributed by atoms with E-state index >= 15 is 0 Å². The smallest absolute Gasteiger partial charge is 0.271 e. The SMILES string of the molecule is O=C(Cc1ccc(NS(=O)(=O)c2cccs2)cc1)N1CCC(c2nc3ccccc3o2)CC1. The largest absolute Gasteiger partial charge is 0.440 e. The van der Waals surface area contributed by atoms with E-state index in [-0.39, 0.29) is 22.5 Å². The number of anilines is 1. The number of amides is 1. The summed E-state index contributed by atoms with van der Waals surface area (Å²) in [7, 11) is -3.58. The summed E-state index contributed by atoms with van der Waals surface area (Å²) in [5.41, 5.74) is 2.98. The summed E-state index contributed by atoms with van der Waals surface area (Å²) in [6.45, 7) is 1.34. The number of fused-ring (bicyclic) bond motifs is 1. The molecule has 1 saturated heterocycles. The van der Waals surface area contributed by atoms with Gasteiger partial charge < -0.3 is 9.32 Å². The first kappa shape index (κ1) is 21.7. The molecular weight excluding hydrogens is 458 g/mol. The van der Waals surface area contributed by atoms with Crippen LogP contribution in [0.4, 0.5) is 5.69 Å². The van der Waals surface area contributed by atoms with E-state index < -0.39 is 10.0 Å². The van der Waals surface area contributed by atoms with Crippen LogP contribution in [-0.2, 0) is 21.2 Å². The highest BCUT2D eigenvalue weighted by molar-refractivity contribution is 7.94. The van der Waals surface area contributed by atoms with E-state index in [2.05, 4.69) is 9.71 Å². The molecule has 1 aliphatic heterocycles. The Hall–Kier alpha value is -3.17. The van der Waals surface area contributed by atoms with Crippen molar-refractivity contribution in [3.63, 3.8) is 0 Å². The molecule has 0 unspecified atom stereocenters. The predicted molar refractivity (Wildman–Crippen MR) is 128 cm³/mol. The van der Waals surface area contributed by atoms with Crippen LogP contribution in [0.5, 0.6) is 0 Å². The van der Waals surface area contributed by atoms with Crippen LogP contribution in [-0.4, -0.2) is 37.3 Å². The Morgan fingerprint density at radius 1 is 1.06 bits per heavy atom. The molecule has 3 heterocycles. The van der Waals surface area contributed by atoms with Gasteiger partial charge in [-0.3, -0.25) is 9.52 Å². The summed E-state index contributed by atoms with van der Waals surface area (Å²) in [6, 6.07) is 18.0. The van der Waals surface area contributed by atoms with Crippen LogP contribution in [0.2, 0.25) is 0 Å². The molecule has 0 radical (unpaired) electrons. The lowest BCUT2D eigenvalue weighted by Crippen LogP contribution is -2.38. The van der Waals surface area contributed by atoms with E-state index in [1.807, 2.05) is 29.2 Å². The molecular formula is C24H23N3O4S2. The van der Waals surface area contributed by atoms with Gasteiger partial charge >= 0.3 is 0 Å². The highest BCUT2D eigenvalue weighted by atomic mass is 32.2. The van der Waals surface area contributed by atoms with Gasteiger partial charge in [-0.2, -0.15) is 0 Å². The number of aromatic nitrogens is 1. The van der Waals surface area contributed by atoms with Crippen molar-refractivity contribution in [3.8, 4) is 0 Å². The van der Waals surface area contributed by atoms with Crippen LogP contribution in [0.15, 0.2) is 74.7 Å². The molecule has 33 heavy (non-hydrogen) atoms. The first-order valence-corrected chi connectivity index (χ1v) is 13.1. The van der Waals surface area contributed by atoms with Gasteiger partial charge in [0.05, 0.1) is 6.42 Å². The molecule has 1 N–H and O–H groups in total. The third-order valence-electron chi connectivity index (χ3n) is 5.83. The van der Waals surface area contributed by atoms with E-state index in [0.717, 1.165) is 35.4 Å². The molecule has 2 aromatic heterocycles. The molecule has 0 atom stereocenters. The van der Waals surface area contributed by atoms with Gasteiger partial charge in [-0.1, -0.05) is 30.3 Å². The van der Waals surface area contributed by atoms with Gasteiger partial charge in [0.1, 0.15) is 9.73 Å². The van der Waals surface area contributed by atoms with Gasteiger partial charge in [0, 0.05) is 24.7 Å². The lowest BCUT2D eigenvalue weighted by Gasteiger charge is -2.30. The second-order valence-electron chi connectivity index (χ2n) is 8.09.